The first-order valence-electron chi connectivity index (χ1n) is 13.4. The van der Waals surface area contributed by atoms with Gasteiger partial charge in [0.15, 0.2) is 11.5 Å². The molecule has 3 saturated heterocycles. The number of hydrogen-bond acceptors (Lipinski definition) is 7. The zero-order valence-corrected chi connectivity index (χ0v) is 22.1. The number of nitrogens with two attached hydrogens (primary N) is 1. The van der Waals surface area contributed by atoms with Crippen LogP contribution >= 0.6 is 0 Å². The fourth-order valence-electron chi connectivity index (χ4n) is 5.73. The van der Waals surface area contributed by atoms with Crippen molar-refractivity contribution < 1.29 is 14.4 Å². The molecule has 3 fully saturated rings. The minimum Gasteiger partial charge on any atom is -0.364 e. The highest BCUT2D eigenvalue weighted by molar-refractivity contribution is 5.96. The molecular formula is C27H36N8O3. The lowest BCUT2D eigenvalue weighted by Crippen LogP contribution is -2.49. The number of likely N-dealkylation sites (tertiary alicyclic amines) is 1. The number of likely N-dealkylation sites (N-methyl/N-ethyl adjacent to an activating group) is 1. The second kappa shape index (κ2) is 10.8. The summed E-state index contributed by atoms with van der Waals surface area (Å²) in [5, 5.41) is 3.24. The number of amides is 4. The Morgan fingerprint density at radius 2 is 1.76 bits per heavy atom. The molecule has 0 unspecified atom stereocenters. The highest BCUT2D eigenvalue weighted by atomic mass is 16.2. The van der Waals surface area contributed by atoms with Crippen molar-refractivity contribution in [3.05, 3.63) is 41.7 Å². The maximum Gasteiger partial charge on any atom is 0.320 e. The summed E-state index contributed by atoms with van der Waals surface area (Å²) in [6, 6.07) is 8.29. The molecule has 0 aliphatic carbocycles. The molecule has 11 nitrogen and oxygen atoms in total. The lowest BCUT2D eigenvalue weighted by molar-refractivity contribution is -0.129. The number of urea groups is 1. The normalized spacial score (nSPS) is 20.7. The van der Waals surface area contributed by atoms with Gasteiger partial charge in [-0.1, -0.05) is 12.1 Å². The monoisotopic (exact) mass is 520 g/mol. The van der Waals surface area contributed by atoms with Crippen LogP contribution in [0.25, 0.3) is 0 Å². The van der Waals surface area contributed by atoms with Crippen molar-refractivity contribution in [2.24, 2.45) is 5.73 Å². The molecule has 3 N–H and O–H groups in total. The van der Waals surface area contributed by atoms with E-state index in [1.807, 2.05) is 29.0 Å². The highest BCUT2D eigenvalue weighted by Gasteiger charge is 2.34. The van der Waals surface area contributed by atoms with Gasteiger partial charge in [-0.2, -0.15) is 0 Å². The third-order valence-corrected chi connectivity index (χ3v) is 7.99. The summed E-state index contributed by atoms with van der Waals surface area (Å²) in [6.45, 7) is 6.13. The minimum absolute atomic E-state index is 0.0715. The van der Waals surface area contributed by atoms with E-state index in [9.17, 15) is 14.4 Å². The SMILES string of the molecule is CC(=O)N1CCC(c2ccc(Nc3nc(N4CCC[C@@H](N5CCN(C)C5=O)C4)cnc3C(N)=O)cc2)CC1. The second-order valence-corrected chi connectivity index (χ2v) is 10.5. The van der Waals surface area contributed by atoms with Crippen molar-refractivity contribution in [3.63, 3.8) is 0 Å². The van der Waals surface area contributed by atoms with Crippen LogP contribution in [0.5, 0.6) is 0 Å². The van der Waals surface area contributed by atoms with E-state index in [2.05, 4.69) is 27.3 Å². The summed E-state index contributed by atoms with van der Waals surface area (Å²) in [5.41, 5.74) is 7.71. The molecule has 5 rings (SSSR count). The summed E-state index contributed by atoms with van der Waals surface area (Å²) in [6.07, 6.45) is 5.37. The maximum absolute atomic E-state index is 12.5. The fraction of sp³-hybridized carbons (Fsp3) is 0.519. The number of aromatic nitrogens is 2. The van der Waals surface area contributed by atoms with Crippen molar-refractivity contribution in [1.82, 2.24) is 24.7 Å². The predicted molar refractivity (Wildman–Crippen MR) is 144 cm³/mol. The van der Waals surface area contributed by atoms with Gasteiger partial charge < -0.3 is 30.7 Å². The average Bonchev–Trinajstić information content (AvgIpc) is 3.27. The van der Waals surface area contributed by atoms with Crippen molar-refractivity contribution >= 4 is 35.2 Å². The number of nitrogens with one attached hydrogen (secondary N) is 1. The van der Waals surface area contributed by atoms with Gasteiger partial charge in [-0.15, -0.1) is 0 Å². The number of benzene rings is 1. The van der Waals surface area contributed by atoms with Gasteiger partial charge >= 0.3 is 6.03 Å². The number of carbonyl (C=O) groups excluding carboxylic acids is 3. The molecule has 3 aliphatic heterocycles. The van der Waals surface area contributed by atoms with Crippen LogP contribution < -0.4 is 16.0 Å². The first-order chi connectivity index (χ1) is 18.3. The molecule has 0 bridgehead atoms. The Balaban J connectivity index is 1.29. The number of anilines is 3. The number of hydrogen-bond donors (Lipinski definition) is 2. The van der Waals surface area contributed by atoms with Gasteiger partial charge in [0, 0.05) is 58.9 Å². The standard InChI is InChI=1S/C27H36N8O3/c1-18(36)33-12-9-20(10-13-33)19-5-7-21(8-6-19)30-26-24(25(28)37)29-16-23(31-26)34-11-3-4-22(17-34)35-15-14-32(2)27(35)38/h5-8,16,20,22H,3-4,9-15,17H2,1-2H3,(H2,28,37)(H,30,31)/t22-/m1/s1. The van der Waals surface area contributed by atoms with E-state index in [0.29, 0.717) is 24.1 Å². The van der Waals surface area contributed by atoms with Gasteiger partial charge in [0.25, 0.3) is 5.91 Å². The molecular weight excluding hydrogens is 484 g/mol. The Morgan fingerprint density at radius 3 is 2.39 bits per heavy atom. The maximum atomic E-state index is 12.5. The topological polar surface area (TPSA) is 128 Å². The third kappa shape index (κ3) is 5.36. The summed E-state index contributed by atoms with van der Waals surface area (Å²) in [4.78, 5) is 53.1. The molecule has 1 aromatic carbocycles. The van der Waals surface area contributed by atoms with Crippen LogP contribution in [-0.2, 0) is 4.79 Å². The van der Waals surface area contributed by atoms with Crippen molar-refractivity contribution in [2.45, 2.75) is 44.6 Å². The summed E-state index contributed by atoms with van der Waals surface area (Å²) >= 11 is 0. The van der Waals surface area contributed by atoms with Gasteiger partial charge in [0.1, 0.15) is 5.82 Å². The molecule has 1 aromatic heterocycles. The summed E-state index contributed by atoms with van der Waals surface area (Å²) in [5.74, 6) is 0.863. The predicted octanol–water partition coefficient (Wildman–Crippen LogP) is 2.38. The van der Waals surface area contributed by atoms with E-state index in [1.54, 1.807) is 18.0 Å². The van der Waals surface area contributed by atoms with Crippen LogP contribution in [-0.4, -0.2) is 94.9 Å². The Kier molecular flexibility index (Phi) is 7.35. The van der Waals surface area contributed by atoms with E-state index in [0.717, 1.165) is 64.1 Å². The zero-order chi connectivity index (χ0) is 26.8. The molecule has 0 saturated carbocycles. The summed E-state index contributed by atoms with van der Waals surface area (Å²) in [7, 11) is 1.83. The Hall–Kier alpha value is -3.89. The largest absolute Gasteiger partial charge is 0.364 e. The zero-order valence-electron chi connectivity index (χ0n) is 22.1. The molecule has 38 heavy (non-hydrogen) atoms. The van der Waals surface area contributed by atoms with Gasteiger partial charge in [-0.25, -0.2) is 14.8 Å². The number of primary amides is 1. The van der Waals surface area contributed by atoms with Crippen molar-refractivity contribution in [1.29, 1.82) is 0 Å². The van der Waals surface area contributed by atoms with E-state index < -0.39 is 5.91 Å². The van der Waals surface area contributed by atoms with Crippen LogP contribution in [0.3, 0.4) is 0 Å². The number of carbonyl (C=O) groups is 3. The fourth-order valence-corrected chi connectivity index (χ4v) is 5.73. The highest BCUT2D eigenvalue weighted by Crippen LogP contribution is 2.30. The Morgan fingerprint density at radius 1 is 1.03 bits per heavy atom. The molecule has 0 spiro atoms. The van der Waals surface area contributed by atoms with Crippen LogP contribution in [0.1, 0.15) is 54.6 Å². The Labute approximate surface area is 223 Å². The van der Waals surface area contributed by atoms with E-state index in [1.165, 1.54) is 5.56 Å². The molecule has 2 aromatic rings. The molecule has 202 valence electrons. The van der Waals surface area contributed by atoms with Crippen LogP contribution in [0.2, 0.25) is 0 Å². The third-order valence-electron chi connectivity index (χ3n) is 7.99. The Bertz CT molecular complexity index is 1200. The quantitative estimate of drug-likeness (QED) is 0.599. The van der Waals surface area contributed by atoms with Crippen molar-refractivity contribution in [2.75, 3.05) is 56.5 Å². The number of piperidine rings is 2. The van der Waals surface area contributed by atoms with Gasteiger partial charge in [0.2, 0.25) is 5.91 Å². The minimum atomic E-state index is -0.650. The van der Waals surface area contributed by atoms with E-state index >= 15 is 0 Å². The van der Waals surface area contributed by atoms with Crippen LogP contribution in [0, 0.1) is 0 Å². The average molecular weight is 521 g/mol. The van der Waals surface area contributed by atoms with Gasteiger partial charge in [0.05, 0.1) is 12.2 Å². The molecule has 11 heteroatoms. The second-order valence-electron chi connectivity index (χ2n) is 10.5. The van der Waals surface area contributed by atoms with E-state index in [4.69, 9.17) is 10.7 Å². The lowest BCUT2D eigenvalue weighted by Gasteiger charge is -2.37. The molecule has 4 amide bonds. The van der Waals surface area contributed by atoms with Gasteiger partial charge in [-0.3, -0.25) is 9.59 Å². The smallest absolute Gasteiger partial charge is 0.320 e. The molecule has 1 atom stereocenters. The molecule has 4 heterocycles. The molecule has 0 radical (unpaired) electrons. The first-order valence-corrected chi connectivity index (χ1v) is 13.4. The van der Waals surface area contributed by atoms with Gasteiger partial charge in [-0.05, 0) is 49.3 Å². The van der Waals surface area contributed by atoms with Crippen LogP contribution in [0.4, 0.5) is 22.1 Å². The number of nitrogens with zero attached hydrogens (tertiary/aromatic N) is 6. The van der Waals surface area contributed by atoms with E-state index in [-0.39, 0.29) is 23.7 Å². The summed E-state index contributed by atoms with van der Waals surface area (Å²) < 4.78 is 0. The van der Waals surface area contributed by atoms with Crippen molar-refractivity contribution in [3.8, 4) is 0 Å². The van der Waals surface area contributed by atoms with Crippen LogP contribution in [0.15, 0.2) is 30.5 Å². The first kappa shape index (κ1) is 25.7. The number of rotatable bonds is 6. The molecule has 3 aliphatic rings. The lowest BCUT2D eigenvalue weighted by atomic mass is 9.89.